The molecule has 1 heterocycles. The van der Waals surface area contributed by atoms with Gasteiger partial charge in [-0.2, -0.15) is 5.26 Å². The molecule has 3 rings (SSSR count). The number of amides is 1. The lowest BCUT2D eigenvalue weighted by Crippen LogP contribution is -2.29. The van der Waals surface area contributed by atoms with Crippen molar-refractivity contribution in [3.8, 4) is 11.8 Å². The van der Waals surface area contributed by atoms with Crippen molar-refractivity contribution in [2.75, 3.05) is 19.3 Å². The standard InChI is InChI=1S/C21H20N4O2S/c1-15-8-3-6-11-18(15)25-20(27)16-9-4-5-10-17(16)23-21(25)28-14-19(26)24(2)13-7-12-22/h3-6,8-11H,7,13-14H2,1-2H3. The van der Waals surface area contributed by atoms with Crippen molar-refractivity contribution < 1.29 is 4.79 Å². The number of carbonyl (C=O) groups is 1. The smallest absolute Gasteiger partial charge is 0.266 e. The van der Waals surface area contributed by atoms with Gasteiger partial charge < -0.3 is 4.90 Å². The zero-order valence-corrected chi connectivity index (χ0v) is 16.6. The van der Waals surface area contributed by atoms with Gasteiger partial charge in [0.1, 0.15) is 0 Å². The molecule has 0 bridgehead atoms. The first-order valence-electron chi connectivity index (χ1n) is 8.84. The Balaban J connectivity index is 2.03. The molecule has 0 atom stereocenters. The van der Waals surface area contributed by atoms with E-state index in [2.05, 4.69) is 4.98 Å². The number of fused-ring (bicyclic) bond motifs is 1. The van der Waals surface area contributed by atoms with Gasteiger partial charge in [-0.3, -0.25) is 14.2 Å². The fourth-order valence-electron chi connectivity index (χ4n) is 2.81. The molecule has 7 heteroatoms. The molecule has 2 aromatic carbocycles. The van der Waals surface area contributed by atoms with Gasteiger partial charge in [0.15, 0.2) is 5.16 Å². The number of hydrogen-bond acceptors (Lipinski definition) is 5. The topological polar surface area (TPSA) is 79.0 Å². The van der Waals surface area contributed by atoms with E-state index in [1.54, 1.807) is 23.7 Å². The Kier molecular flexibility index (Phi) is 6.12. The molecule has 0 radical (unpaired) electrons. The highest BCUT2D eigenvalue weighted by atomic mass is 32.2. The van der Waals surface area contributed by atoms with E-state index < -0.39 is 0 Å². The number of nitrogens with zero attached hydrogens (tertiary/aromatic N) is 4. The highest BCUT2D eigenvalue weighted by Gasteiger charge is 2.17. The Morgan fingerprint density at radius 1 is 1.21 bits per heavy atom. The number of aryl methyl sites for hydroxylation is 1. The fraction of sp³-hybridized carbons (Fsp3) is 0.238. The van der Waals surface area contributed by atoms with Crippen LogP contribution in [0.15, 0.2) is 58.5 Å². The number of hydrogen-bond donors (Lipinski definition) is 0. The number of benzene rings is 2. The van der Waals surface area contributed by atoms with Gasteiger partial charge in [-0.15, -0.1) is 0 Å². The van der Waals surface area contributed by atoms with E-state index in [0.29, 0.717) is 22.6 Å². The summed E-state index contributed by atoms with van der Waals surface area (Å²) in [7, 11) is 1.67. The Labute approximate surface area is 167 Å². The quantitative estimate of drug-likeness (QED) is 0.476. The third-order valence-electron chi connectivity index (χ3n) is 4.41. The zero-order chi connectivity index (χ0) is 20.1. The predicted octanol–water partition coefficient (Wildman–Crippen LogP) is 3.16. The lowest BCUT2D eigenvalue weighted by Gasteiger charge is -2.17. The maximum atomic E-state index is 13.2. The van der Waals surface area contributed by atoms with Gasteiger partial charge in [0, 0.05) is 13.6 Å². The molecule has 0 aliphatic carbocycles. The van der Waals surface area contributed by atoms with Crippen LogP contribution in [-0.4, -0.2) is 39.7 Å². The van der Waals surface area contributed by atoms with Crippen molar-refractivity contribution in [2.24, 2.45) is 0 Å². The molecule has 0 unspecified atom stereocenters. The zero-order valence-electron chi connectivity index (χ0n) is 15.8. The third kappa shape index (κ3) is 4.07. The first-order valence-corrected chi connectivity index (χ1v) is 9.83. The summed E-state index contributed by atoms with van der Waals surface area (Å²) in [6, 6.07) is 16.8. The SMILES string of the molecule is Cc1ccccc1-n1c(SCC(=O)N(C)CCC#N)nc2ccccc2c1=O. The average molecular weight is 392 g/mol. The van der Waals surface area contributed by atoms with E-state index in [-0.39, 0.29) is 23.6 Å². The normalized spacial score (nSPS) is 10.6. The first kappa shape index (κ1) is 19.6. The summed E-state index contributed by atoms with van der Waals surface area (Å²) in [4.78, 5) is 31.7. The summed E-state index contributed by atoms with van der Waals surface area (Å²) in [6.45, 7) is 2.32. The highest BCUT2D eigenvalue weighted by molar-refractivity contribution is 7.99. The van der Waals surface area contributed by atoms with Crippen molar-refractivity contribution in [3.63, 3.8) is 0 Å². The molecule has 0 saturated heterocycles. The fourth-order valence-corrected chi connectivity index (χ4v) is 3.76. The molecule has 28 heavy (non-hydrogen) atoms. The monoisotopic (exact) mass is 392 g/mol. The molecular formula is C21H20N4O2S. The second kappa shape index (κ2) is 8.72. The average Bonchev–Trinajstić information content (AvgIpc) is 2.71. The van der Waals surface area contributed by atoms with Crippen LogP contribution >= 0.6 is 11.8 Å². The number of nitriles is 1. The maximum Gasteiger partial charge on any atom is 0.266 e. The van der Waals surface area contributed by atoms with E-state index in [1.165, 1.54) is 16.7 Å². The molecule has 6 nitrogen and oxygen atoms in total. The van der Waals surface area contributed by atoms with Crippen LogP contribution in [0.25, 0.3) is 16.6 Å². The van der Waals surface area contributed by atoms with E-state index >= 15 is 0 Å². The van der Waals surface area contributed by atoms with Gasteiger partial charge in [-0.25, -0.2) is 4.98 Å². The van der Waals surface area contributed by atoms with Crippen molar-refractivity contribution >= 4 is 28.6 Å². The Morgan fingerprint density at radius 2 is 1.93 bits per heavy atom. The first-order chi connectivity index (χ1) is 13.5. The van der Waals surface area contributed by atoms with Gasteiger partial charge in [-0.05, 0) is 30.7 Å². The maximum absolute atomic E-state index is 13.2. The second-order valence-electron chi connectivity index (χ2n) is 6.35. The largest absolute Gasteiger partial charge is 0.344 e. The van der Waals surface area contributed by atoms with Gasteiger partial charge in [-0.1, -0.05) is 42.1 Å². The number of para-hydroxylation sites is 2. The number of rotatable bonds is 6. The summed E-state index contributed by atoms with van der Waals surface area (Å²) in [5, 5.41) is 9.69. The molecule has 0 aliphatic heterocycles. The van der Waals surface area contributed by atoms with Gasteiger partial charge in [0.05, 0.1) is 34.8 Å². The van der Waals surface area contributed by atoms with Crippen LogP contribution in [0.5, 0.6) is 0 Å². The number of aromatic nitrogens is 2. The molecule has 1 aromatic heterocycles. The molecule has 142 valence electrons. The van der Waals surface area contributed by atoms with Crippen LogP contribution in [0.3, 0.4) is 0 Å². The van der Waals surface area contributed by atoms with E-state index in [0.717, 1.165) is 11.3 Å². The van der Waals surface area contributed by atoms with Crippen LogP contribution in [0.4, 0.5) is 0 Å². The van der Waals surface area contributed by atoms with E-state index in [4.69, 9.17) is 5.26 Å². The van der Waals surface area contributed by atoms with Crippen LogP contribution in [0.1, 0.15) is 12.0 Å². The Morgan fingerprint density at radius 3 is 2.68 bits per heavy atom. The molecule has 0 saturated carbocycles. The highest BCUT2D eigenvalue weighted by Crippen LogP contribution is 2.23. The summed E-state index contributed by atoms with van der Waals surface area (Å²) >= 11 is 1.23. The molecule has 0 fully saturated rings. The minimum Gasteiger partial charge on any atom is -0.344 e. The van der Waals surface area contributed by atoms with Crippen molar-refractivity contribution in [1.29, 1.82) is 5.26 Å². The minimum absolute atomic E-state index is 0.112. The minimum atomic E-state index is -0.160. The Hall–Kier alpha value is -3.11. The second-order valence-corrected chi connectivity index (χ2v) is 7.29. The van der Waals surface area contributed by atoms with E-state index in [9.17, 15) is 9.59 Å². The summed E-state index contributed by atoms with van der Waals surface area (Å²) < 4.78 is 1.57. The van der Waals surface area contributed by atoms with Crippen molar-refractivity contribution in [2.45, 2.75) is 18.5 Å². The molecule has 1 amide bonds. The summed E-state index contributed by atoms with van der Waals surface area (Å²) in [5.74, 6) is 0.0254. The lowest BCUT2D eigenvalue weighted by molar-refractivity contribution is -0.127. The molecule has 0 N–H and O–H groups in total. The summed E-state index contributed by atoms with van der Waals surface area (Å²) in [6.07, 6.45) is 0.287. The molecule has 3 aromatic rings. The van der Waals surface area contributed by atoms with Gasteiger partial charge in [0.2, 0.25) is 5.91 Å². The molecular weight excluding hydrogens is 372 g/mol. The predicted molar refractivity (Wildman–Crippen MR) is 111 cm³/mol. The molecule has 0 spiro atoms. The lowest BCUT2D eigenvalue weighted by atomic mass is 10.2. The van der Waals surface area contributed by atoms with Crippen LogP contribution < -0.4 is 5.56 Å². The number of carbonyl (C=O) groups excluding carboxylic acids is 1. The van der Waals surface area contributed by atoms with Crippen molar-refractivity contribution in [1.82, 2.24) is 14.5 Å². The summed E-state index contributed by atoms with van der Waals surface area (Å²) in [5.41, 5.74) is 2.14. The number of thioether (sulfide) groups is 1. The third-order valence-corrected chi connectivity index (χ3v) is 5.33. The Bertz CT molecular complexity index is 1120. The van der Waals surface area contributed by atoms with Gasteiger partial charge >= 0.3 is 0 Å². The van der Waals surface area contributed by atoms with E-state index in [1.807, 2.05) is 49.4 Å². The van der Waals surface area contributed by atoms with Crippen LogP contribution in [0.2, 0.25) is 0 Å². The molecule has 0 aliphatic rings. The van der Waals surface area contributed by atoms with Crippen molar-refractivity contribution in [3.05, 3.63) is 64.4 Å². The van der Waals surface area contributed by atoms with Crippen LogP contribution in [-0.2, 0) is 4.79 Å². The van der Waals surface area contributed by atoms with Gasteiger partial charge in [0.25, 0.3) is 5.56 Å². The van der Waals surface area contributed by atoms with Crippen LogP contribution in [0, 0.1) is 18.3 Å².